The lowest BCUT2D eigenvalue weighted by Gasteiger charge is -2.18. The van der Waals surface area contributed by atoms with Crippen molar-refractivity contribution in [1.29, 1.82) is 0 Å². The van der Waals surface area contributed by atoms with E-state index in [4.69, 9.17) is 9.52 Å². The molecule has 1 amide bonds. The van der Waals surface area contributed by atoms with E-state index < -0.39 is 11.9 Å². The highest BCUT2D eigenvalue weighted by Gasteiger charge is 2.31. The number of furan rings is 1. The molecule has 1 aliphatic heterocycles. The molecule has 0 aromatic carbocycles. The van der Waals surface area contributed by atoms with Gasteiger partial charge in [-0.25, -0.2) is 9.80 Å². The average Bonchev–Trinajstić information content (AvgIpc) is 2.93. The van der Waals surface area contributed by atoms with E-state index in [0.29, 0.717) is 12.2 Å². The maximum atomic E-state index is 11.8. The molecule has 94 valence electrons. The van der Waals surface area contributed by atoms with Gasteiger partial charge in [-0.1, -0.05) is 0 Å². The zero-order valence-electron chi connectivity index (χ0n) is 9.74. The summed E-state index contributed by atoms with van der Waals surface area (Å²) >= 11 is 0. The Labute approximate surface area is 103 Å². The molecule has 1 aromatic heterocycles. The molecule has 2 rings (SSSR count). The summed E-state index contributed by atoms with van der Waals surface area (Å²) in [6.07, 6.45) is 3.89. The van der Waals surface area contributed by atoms with Crippen LogP contribution < -0.4 is 0 Å². The van der Waals surface area contributed by atoms with E-state index in [2.05, 4.69) is 5.10 Å². The van der Waals surface area contributed by atoms with Crippen molar-refractivity contribution in [2.75, 3.05) is 0 Å². The van der Waals surface area contributed by atoms with Crippen LogP contribution in [0, 0.1) is 0 Å². The van der Waals surface area contributed by atoms with Crippen LogP contribution >= 0.6 is 0 Å². The van der Waals surface area contributed by atoms with Crippen molar-refractivity contribution in [3.8, 4) is 0 Å². The Hall–Kier alpha value is -2.37. The van der Waals surface area contributed by atoms with Crippen LogP contribution in [0.25, 0.3) is 0 Å². The molecule has 1 aromatic rings. The molecule has 1 atom stereocenters. The molecule has 0 spiro atoms. The molecular weight excluding hydrogens is 236 g/mol. The van der Waals surface area contributed by atoms with Crippen molar-refractivity contribution in [3.63, 3.8) is 0 Å². The van der Waals surface area contributed by atoms with Gasteiger partial charge < -0.3 is 9.52 Å². The van der Waals surface area contributed by atoms with Crippen LogP contribution in [0.3, 0.4) is 0 Å². The summed E-state index contributed by atoms with van der Waals surface area (Å²) in [5, 5.41) is 13.8. The second-order valence-corrected chi connectivity index (χ2v) is 3.92. The first-order valence-corrected chi connectivity index (χ1v) is 5.39. The molecular formula is C12H12N2O4. The fraction of sp³-hybridized carbons (Fsp3) is 0.250. The van der Waals surface area contributed by atoms with E-state index in [9.17, 15) is 9.59 Å². The molecule has 2 heterocycles. The summed E-state index contributed by atoms with van der Waals surface area (Å²) in [7, 11) is 0. The van der Waals surface area contributed by atoms with Crippen LogP contribution in [-0.4, -0.2) is 27.7 Å². The van der Waals surface area contributed by atoms with E-state index in [1.807, 2.05) is 6.92 Å². The van der Waals surface area contributed by atoms with Gasteiger partial charge in [0.05, 0.1) is 6.26 Å². The number of amides is 1. The number of carbonyl (C=O) groups is 2. The number of hydrogen-bond acceptors (Lipinski definition) is 4. The molecule has 6 nitrogen and oxygen atoms in total. The first kappa shape index (κ1) is 12.1. The summed E-state index contributed by atoms with van der Waals surface area (Å²) in [5.41, 5.74) is 0.800. The highest BCUT2D eigenvalue weighted by Crippen LogP contribution is 2.30. The molecule has 18 heavy (non-hydrogen) atoms. The fourth-order valence-electron chi connectivity index (χ4n) is 1.78. The average molecular weight is 248 g/mol. The smallest absolute Gasteiger partial charge is 0.328 e. The van der Waals surface area contributed by atoms with Gasteiger partial charge >= 0.3 is 5.97 Å². The number of carboxylic acid groups (broad SMARTS) is 1. The lowest BCUT2D eigenvalue weighted by atomic mass is 10.1. The minimum Gasteiger partial charge on any atom is -0.478 e. The predicted octanol–water partition coefficient (Wildman–Crippen LogP) is 1.57. The maximum Gasteiger partial charge on any atom is 0.328 e. The van der Waals surface area contributed by atoms with Gasteiger partial charge in [-0.05, 0) is 19.1 Å². The zero-order valence-corrected chi connectivity index (χ0v) is 9.74. The van der Waals surface area contributed by atoms with Crippen molar-refractivity contribution in [1.82, 2.24) is 5.01 Å². The van der Waals surface area contributed by atoms with Crippen molar-refractivity contribution >= 4 is 17.6 Å². The van der Waals surface area contributed by atoms with Crippen LogP contribution in [0.2, 0.25) is 0 Å². The zero-order chi connectivity index (χ0) is 13.1. The maximum absolute atomic E-state index is 11.8. The Morgan fingerprint density at radius 2 is 2.33 bits per heavy atom. The van der Waals surface area contributed by atoms with Crippen LogP contribution in [0.15, 0.2) is 40.1 Å². The van der Waals surface area contributed by atoms with Crippen LogP contribution in [0.1, 0.15) is 25.1 Å². The van der Waals surface area contributed by atoms with Crippen LogP contribution in [0.4, 0.5) is 0 Å². The summed E-state index contributed by atoms with van der Waals surface area (Å²) in [4.78, 5) is 22.2. The quantitative estimate of drug-likeness (QED) is 0.823. The Bertz CT molecular complexity index is 516. The van der Waals surface area contributed by atoms with Crippen LogP contribution in [-0.2, 0) is 9.59 Å². The van der Waals surface area contributed by atoms with Gasteiger partial charge in [-0.2, -0.15) is 5.10 Å². The Kier molecular flexibility index (Phi) is 3.27. The Balaban J connectivity index is 2.19. The molecule has 1 N–H and O–H groups in total. The topological polar surface area (TPSA) is 83.1 Å². The second-order valence-electron chi connectivity index (χ2n) is 3.92. The molecule has 0 saturated heterocycles. The third-order valence-electron chi connectivity index (χ3n) is 2.53. The van der Waals surface area contributed by atoms with E-state index in [-0.39, 0.29) is 6.04 Å². The number of carbonyl (C=O) groups excluding carboxylic acids is 1. The predicted molar refractivity (Wildman–Crippen MR) is 62.8 cm³/mol. The molecule has 1 aliphatic rings. The summed E-state index contributed by atoms with van der Waals surface area (Å²) in [5.74, 6) is -1.01. The van der Waals surface area contributed by atoms with Crippen molar-refractivity contribution in [2.45, 2.75) is 19.4 Å². The summed E-state index contributed by atoms with van der Waals surface area (Å²) < 4.78 is 5.26. The molecule has 0 aliphatic carbocycles. The van der Waals surface area contributed by atoms with Gasteiger partial charge in [-0.3, -0.25) is 4.79 Å². The first-order valence-electron chi connectivity index (χ1n) is 5.39. The lowest BCUT2D eigenvalue weighted by Crippen LogP contribution is -2.25. The SMILES string of the molecule is CC1=NN(C(=O)/C=C/C(=O)O)[C@H](c2ccco2)C1. The van der Waals surface area contributed by atoms with Gasteiger partial charge in [0.15, 0.2) is 0 Å². The molecule has 0 bridgehead atoms. The van der Waals surface area contributed by atoms with E-state index >= 15 is 0 Å². The van der Waals surface area contributed by atoms with E-state index in [1.165, 1.54) is 11.3 Å². The standard InChI is InChI=1S/C12H12N2O4/c1-8-7-9(10-3-2-6-18-10)14(13-8)11(15)4-5-12(16)17/h2-6,9H,7H2,1H3,(H,16,17)/b5-4+/t9-/m0/s1. The van der Waals surface area contributed by atoms with Gasteiger partial charge in [0.1, 0.15) is 11.8 Å². The molecule has 0 unspecified atom stereocenters. The van der Waals surface area contributed by atoms with Gasteiger partial charge in [0, 0.05) is 24.3 Å². The van der Waals surface area contributed by atoms with Crippen LogP contribution in [0.5, 0.6) is 0 Å². The highest BCUT2D eigenvalue weighted by molar-refractivity contribution is 5.96. The lowest BCUT2D eigenvalue weighted by molar-refractivity contribution is -0.132. The van der Waals surface area contributed by atoms with Crippen molar-refractivity contribution in [3.05, 3.63) is 36.3 Å². The van der Waals surface area contributed by atoms with E-state index in [0.717, 1.165) is 17.9 Å². The molecule has 0 fully saturated rings. The minimum atomic E-state index is -1.17. The Morgan fingerprint density at radius 1 is 1.56 bits per heavy atom. The first-order chi connectivity index (χ1) is 8.58. The Morgan fingerprint density at radius 3 is 2.94 bits per heavy atom. The third-order valence-corrected chi connectivity index (χ3v) is 2.53. The van der Waals surface area contributed by atoms with E-state index in [1.54, 1.807) is 12.1 Å². The van der Waals surface area contributed by atoms with Gasteiger partial charge in [0.25, 0.3) is 5.91 Å². The highest BCUT2D eigenvalue weighted by atomic mass is 16.4. The fourth-order valence-corrected chi connectivity index (χ4v) is 1.78. The second kappa shape index (κ2) is 4.87. The summed E-state index contributed by atoms with van der Waals surface area (Å²) in [6, 6.07) is 3.20. The van der Waals surface area contributed by atoms with Gasteiger partial charge in [-0.15, -0.1) is 0 Å². The molecule has 6 heteroatoms. The minimum absolute atomic E-state index is 0.300. The number of hydrazone groups is 1. The van der Waals surface area contributed by atoms with Crippen molar-refractivity contribution in [2.24, 2.45) is 5.10 Å². The van der Waals surface area contributed by atoms with Gasteiger partial charge in [0.2, 0.25) is 0 Å². The summed E-state index contributed by atoms with van der Waals surface area (Å²) in [6.45, 7) is 1.81. The largest absolute Gasteiger partial charge is 0.478 e. The number of rotatable bonds is 3. The van der Waals surface area contributed by atoms with Crippen molar-refractivity contribution < 1.29 is 19.1 Å². The number of hydrogen-bond donors (Lipinski definition) is 1. The number of aliphatic carboxylic acids is 1. The normalized spacial score (nSPS) is 19.3. The molecule has 0 radical (unpaired) electrons. The number of nitrogens with zero attached hydrogens (tertiary/aromatic N) is 2. The molecule has 0 saturated carbocycles. The third kappa shape index (κ3) is 2.48. The number of carboxylic acids is 1. The monoisotopic (exact) mass is 248 g/mol.